The van der Waals surface area contributed by atoms with E-state index in [1.165, 1.54) is 0 Å². The van der Waals surface area contributed by atoms with Crippen molar-refractivity contribution in [1.82, 2.24) is 10.2 Å². The van der Waals surface area contributed by atoms with Crippen LogP contribution in [0.4, 0.5) is 0 Å². The largest absolute Gasteiger partial charge is 0.459 e. The van der Waals surface area contributed by atoms with E-state index in [0.717, 1.165) is 40.8 Å². The maximum atomic E-state index is 5.62. The fourth-order valence-corrected chi connectivity index (χ4v) is 2.23. The van der Waals surface area contributed by atoms with Crippen molar-refractivity contribution in [2.24, 2.45) is 5.73 Å². The molecule has 4 nitrogen and oxygen atoms in total. The third-order valence-corrected chi connectivity index (χ3v) is 3.28. The van der Waals surface area contributed by atoms with Gasteiger partial charge in [0.2, 0.25) is 0 Å². The van der Waals surface area contributed by atoms with Gasteiger partial charge in [-0.3, -0.25) is 0 Å². The number of hydrogen-bond acceptors (Lipinski definition) is 5. The van der Waals surface area contributed by atoms with E-state index >= 15 is 0 Å². The van der Waals surface area contributed by atoms with E-state index in [1.54, 1.807) is 11.3 Å². The van der Waals surface area contributed by atoms with Crippen molar-refractivity contribution in [2.45, 2.75) is 26.2 Å². The summed E-state index contributed by atoms with van der Waals surface area (Å²) < 4.78 is 5.62. The fourth-order valence-electron chi connectivity index (χ4n) is 1.39. The van der Waals surface area contributed by atoms with Gasteiger partial charge in [-0.15, -0.1) is 10.2 Å². The smallest absolute Gasteiger partial charge is 0.183 e. The standard InChI is InChI=1S/C11H15N3OS/c1-2-8-5-6-9(15-8)11-14-13-10(16-11)4-3-7-12/h5-6H,2-4,7,12H2,1H3. The summed E-state index contributed by atoms with van der Waals surface area (Å²) in [5.74, 6) is 1.79. The highest BCUT2D eigenvalue weighted by Gasteiger charge is 2.10. The fraction of sp³-hybridized carbons (Fsp3) is 0.455. The lowest BCUT2D eigenvalue weighted by Crippen LogP contribution is -1.99. The summed E-state index contributed by atoms with van der Waals surface area (Å²) in [4.78, 5) is 0. The van der Waals surface area contributed by atoms with Crippen LogP contribution in [0.15, 0.2) is 16.5 Å². The molecule has 0 spiro atoms. The summed E-state index contributed by atoms with van der Waals surface area (Å²) in [5, 5.41) is 10.1. The van der Waals surface area contributed by atoms with Gasteiger partial charge >= 0.3 is 0 Å². The molecule has 0 aliphatic rings. The van der Waals surface area contributed by atoms with Gasteiger partial charge in [0, 0.05) is 12.8 Å². The molecule has 2 heterocycles. The van der Waals surface area contributed by atoms with Crippen LogP contribution in [0.3, 0.4) is 0 Å². The Bertz CT molecular complexity index is 450. The number of aryl methyl sites for hydroxylation is 2. The highest BCUT2D eigenvalue weighted by atomic mass is 32.1. The molecule has 0 aromatic carbocycles. The molecule has 0 amide bonds. The molecule has 2 aromatic heterocycles. The average Bonchev–Trinajstić information content (AvgIpc) is 2.94. The molecule has 16 heavy (non-hydrogen) atoms. The lowest BCUT2D eigenvalue weighted by molar-refractivity contribution is 0.528. The first-order valence-corrected chi connectivity index (χ1v) is 6.26. The van der Waals surface area contributed by atoms with Gasteiger partial charge in [-0.1, -0.05) is 18.3 Å². The van der Waals surface area contributed by atoms with Gasteiger partial charge < -0.3 is 10.2 Å². The number of furan rings is 1. The predicted octanol–water partition coefficient (Wildman–Crippen LogP) is 2.25. The predicted molar refractivity (Wildman–Crippen MR) is 64.4 cm³/mol. The molecule has 0 unspecified atom stereocenters. The minimum atomic E-state index is 0.690. The minimum Gasteiger partial charge on any atom is -0.459 e. The van der Waals surface area contributed by atoms with Crippen molar-refractivity contribution < 1.29 is 4.42 Å². The summed E-state index contributed by atoms with van der Waals surface area (Å²) in [5.41, 5.74) is 5.45. The number of aromatic nitrogens is 2. The molecule has 0 saturated heterocycles. The van der Waals surface area contributed by atoms with Gasteiger partial charge in [0.1, 0.15) is 10.8 Å². The third kappa shape index (κ3) is 2.48. The molecule has 0 aliphatic heterocycles. The summed E-state index contributed by atoms with van der Waals surface area (Å²) in [6, 6.07) is 3.93. The lowest BCUT2D eigenvalue weighted by atomic mass is 10.3. The van der Waals surface area contributed by atoms with Crippen LogP contribution in [0, 0.1) is 0 Å². The average molecular weight is 237 g/mol. The molecular formula is C11H15N3OS. The SMILES string of the molecule is CCc1ccc(-c2nnc(CCCN)s2)o1. The van der Waals surface area contributed by atoms with Gasteiger partial charge in [-0.05, 0) is 25.1 Å². The van der Waals surface area contributed by atoms with Crippen molar-refractivity contribution in [2.75, 3.05) is 6.54 Å². The van der Waals surface area contributed by atoms with Gasteiger partial charge in [-0.2, -0.15) is 0 Å². The Balaban J connectivity index is 2.11. The van der Waals surface area contributed by atoms with Gasteiger partial charge in [0.25, 0.3) is 0 Å². The van der Waals surface area contributed by atoms with E-state index in [-0.39, 0.29) is 0 Å². The van der Waals surface area contributed by atoms with E-state index in [0.29, 0.717) is 6.54 Å². The first-order chi connectivity index (χ1) is 7.83. The Morgan fingerprint density at radius 1 is 1.38 bits per heavy atom. The molecular weight excluding hydrogens is 222 g/mol. The normalized spacial score (nSPS) is 10.9. The Morgan fingerprint density at radius 3 is 2.94 bits per heavy atom. The van der Waals surface area contributed by atoms with Crippen molar-refractivity contribution in [3.8, 4) is 10.8 Å². The Morgan fingerprint density at radius 2 is 2.25 bits per heavy atom. The highest BCUT2D eigenvalue weighted by Crippen LogP contribution is 2.26. The van der Waals surface area contributed by atoms with Crippen molar-refractivity contribution in [1.29, 1.82) is 0 Å². The number of nitrogens with two attached hydrogens (primary N) is 1. The number of hydrogen-bond donors (Lipinski definition) is 1. The number of nitrogens with zero attached hydrogens (tertiary/aromatic N) is 2. The van der Waals surface area contributed by atoms with Gasteiger partial charge in [0.15, 0.2) is 10.8 Å². The van der Waals surface area contributed by atoms with Crippen molar-refractivity contribution >= 4 is 11.3 Å². The molecule has 0 aliphatic carbocycles. The Kier molecular flexibility index (Phi) is 3.69. The van der Waals surface area contributed by atoms with Crippen LogP contribution in [0.25, 0.3) is 10.8 Å². The van der Waals surface area contributed by atoms with E-state index in [9.17, 15) is 0 Å². The molecule has 0 radical (unpaired) electrons. The zero-order chi connectivity index (χ0) is 11.4. The van der Waals surface area contributed by atoms with Crippen LogP contribution < -0.4 is 5.73 Å². The summed E-state index contributed by atoms with van der Waals surface area (Å²) >= 11 is 1.58. The van der Waals surface area contributed by atoms with Crippen LogP contribution in [0.1, 0.15) is 24.1 Å². The van der Waals surface area contributed by atoms with E-state index < -0.39 is 0 Å². The van der Waals surface area contributed by atoms with Crippen LogP contribution in [-0.2, 0) is 12.8 Å². The minimum absolute atomic E-state index is 0.690. The van der Waals surface area contributed by atoms with Gasteiger partial charge in [-0.25, -0.2) is 0 Å². The topological polar surface area (TPSA) is 64.9 Å². The van der Waals surface area contributed by atoms with Crippen molar-refractivity contribution in [3.63, 3.8) is 0 Å². The summed E-state index contributed by atoms with van der Waals surface area (Å²) in [6.07, 6.45) is 2.75. The van der Waals surface area contributed by atoms with E-state index in [4.69, 9.17) is 10.2 Å². The molecule has 0 fully saturated rings. The van der Waals surface area contributed by atoms with E-state index in [2.05, 4.69) is 17.1 Å². The molecule has 2 N–H and O–H groups in total. The molecule has 2 rings (SSSR count). The first kappa shape index (κ1) is 11.3. The second kappa shape index (κ2) is 5.23. The lowest BCUT2D eigenvalue weighted by Gasteiger charge is -1.90. The molecule has 86 valence electrons. The Hall–Kier alpha value is -1.20. The first-order valence-electron chi connectivity index (χ1n) is 5.45. The van der Waals surface area contributed by atoms with Crippen LogP contribution in [-0.4, -0.2) is 16.7 Å². The zero-order valence-corrected chi connectivity index (χ0v) is 10.1. The quantitative estimate of drug-likeness (QED) is 0.866. The monoisotopic (exact) mass is 237 g/mol. The zero-order valence-electron chi connectivity index (χ0n) is 9.27. The second-order valence-corrected chi connectivity index (χ2v) is 4.57. The van der Waals surface area contributed by atoms with Crippen LogP contribution >= 0.6 is 11.3 Å². The molecule has 2 aromatic rings. The maximum Gasteiger partial charge on any atom is 0.183 e. The maximum absolute atomic E-state index is 5.62. The summed E-state index contributed by atoms with van der Waals surface area (Å²) in [7, 11) is 0. The van der Waals surface area contributed by atoms with Crippen molar-refractivity contribution in [3.05, 3.63) is 22.9 Å². The second-order valence-electron chi connectivity index (χ2n) is 3.51. The van der Waals surface area contributed by atoms with E-state index in [1.807, 2.05) is 12.1 Å². The van der Waals surface area contributed by atoms with Gasteiger partial charge in [0.05, 0.1) is 0 Å². The third-order valence-electron chi connectivity index (χ3n) is 2.28. The molecule has 0 saturated carbocycles. The highest BCUT2D eigenvalue weighted by molar-refractivity contribution is 7.14. The van der Waals surface area contributed by atoms with Crippen LogP contribution in [0.5, 0.6) is 0 Å². The molecule has 0 bridgehead atoms. The molecule has 5 heteroatoms. The van der Waals surface area contributed by atoms with Crippen LogP contribution in [0.2, 0.25) is 0 Å². The molecule has 0 atom stereocenters. The number of rotatable bonds is 5. The summed E-state index contributed by atoms with van der Waals surface area (Å²) in [6.45, 7) is 2.75. The Labute approximate surface area is 98.5 Å².